The van der Waals surface area contributed by atoms with Gasteiger partial charge < -0.3 is 29.5 Å². The van der Waals surface area contributed by atoms with Crippen LogP contribution in [0.5, 0.6) is 0 Å². The molecule has 4 aliphatic heterocycles. The number of likely N-dealkylation sites (N-methyl/N-ethyl adjacent to an activating group) is 1. The lowest BCUT2D eigenvalue weighted by atomic mass is 9.84. The van der Waals surface area contributed by atoms with Gasteiger partial charge in [-0.15, -0.1) is 11.8 Å². The third-order valence-electron chi connectivity index (χ3n) is 13.1. The SMILES string of the molecule is CCn1c(-c2cccnc2[C@H](C)OC)c2c3cc(ccc31)C1CSC(=N1)C[C@H](NC(=O)[C@H](C(C)C)N(C)C(=O)[C@H]1CCN(CCO)C1)C(=O)N1CCC[C@H](N1)[N+](=O)OCC(C)(C)C2. The summed E-state index contributed by atoms with van der Waals surface area (Å²) in [6, 6.07) is 8.56. The van der Waals surface area contributed by atoms with Crippen molar-refractivity contribution in [2.24, 2.45) is 22.2 Å². The third kappa shape index (κ3) is 9.97. The van der Waals surface area contributed by atoms with E-state index in [1.165, 1.54) is 9.91 Å². The number of aliphatic hydroxyl groups is 1. The molecule has 3 aromatic rings. The van der Waals surface area contributed by atoms with Gasteiger partial charge in [0.25, 0.3) is 5.91 Å². The summed E-state index contributed by atoms with van der Waals surface area (Å²) in [4.78, 5) is 76.8. The van der Waals surface area contributed by atoms with E-state index in [0.29, 0.717) is 69.1 Å². The molecule has 63 heavy (non-hydrogen) atoms. The highest BCUT2D eigenvalue weighted by Crippen LogP contribution is 2.42. The first-order valence-corrected chi connectivity index (χ1v) is 23.5. The van der Waals surface area contributed by atoms with Gasteiger partial charge in [-0.25, -0.2) is 4.84 Å². The molecular weight excluding hydrogens is 823 g/mol. The molecule has 0 saturated carbocycles. The van der Waals surface area contributed by atoms with Crippen LogP contribution in [0.2, 0.25) is 0 Å². The molecular formula is C46H66N9O7S+. The number of hydrogen-bond acceptors (Lipinski definition) is 12. The lowest BCUT2D eigenvalue weighted by Crippen LogP contribution is -2.62. The summed E-state index contributed by atoms with van der Waals surface area (Å²) in [7, 11) is 3.35. The fourth-order valence-electron chi connectivity index (χ4n) is 9.71. The molecule has 6 heterocycles. The van der Waals surface area contributed by atoms with Gasteiger partial charge in [0, 0.05) is 87.0 Å². The molecule has 6 atom stereocenters. The summed E-state index contributed by atoms with van der Waals surface area (Å²) < 4.78 is 8.15. The minimum Gasteiger partial charge on any atom is -0.395 e. The quantitative estimate of drug-likeness (QED) is 0.236. The van der Waals surface area contributed by atoms with E-state index < -0.39 is 35.5 Å². The van der Waals surface area contributed by atoms with Gasteiger partial charge >= 0.3 is 6.17 Å². The number of thioether (sulfide) groups is 1. The van der Waals surface area contributed by atoms with Crippen LogP contribution in [0.1, 0.15) is 96.2 Å². The molecule has 0 aliphatic carbocycles. The van der Waals surface area contributed by atoms with Crippen molar-refractivity contribution in [3.8, 4) is 11.3 Å². The number of rotatable bonds is 11. The van der Waals surface area contributed by atoms with Crippen LogP contribution < -0.4 is 10.7 Å². The number of β-amino-alcohol motifs (C(OH)–C–C–N with tert-alkyl or cyclic N) is 1. The minimum absolute atomic E-state index is 0.0188. The van der Waals surface area contributed by atoms with Crippen molar-refractivity contribution in [3.63, 3.8) is 0 Å². The molecule has 17 heteroatoms. The van der Waals surface area contributed by atoms with Crippen molar-refractivity contribution in [1.82, 2.24) is 35.1 Å². The average Bonchev–Trinajstić information content (AvgIpc) is 4.02. The molecule has 3 N–H and O–H groups in total. The number of ether oxygens (including phenoxy) is 1. The third-order valence-corrected chi connectivity index (χ3v) is 14.1. The number of hydrazine groups is 1. The number of aryl methyl sites for hydroxylation is 1. The molecule has 16 nitrogen and oxygen atoms in total. The maximum absolute atomic E-state index is 14.6. The molecule has 6 bridgehead atoms. The van der Waals surface area contributed by atoms with Gasteiger partial charge in [0.2, 0.25) is 16.7 Å². The summed E-state index contributed by atoms with van der Waals surface area (Å²) >= 11 is 1.58. The first-order chi connectivity index (χ1) is 30.1. The number of aliphatic hydroxyl groups excluding tert-OH is 1. The number of carbonyl (C=O) groups is 3. The molecule has 342 valence electrons. The highest BCUT2D eigenvalue weighted by molar-refractivity contribution is 8.14. The van der Waals surface area contributed by atoms with E-state index >= 15 is 0 Å². The van der Waals surface area contributed by atoms with E-state index in [1.54, 1.807) is 32.1 Å². The van der Waals surface area contributed by atoms with E-state index in [1.807, 2.05) is 26.8 Å². The number of aliphatic imine (C=N–C) groups is 1. The van der Waals surface area contributed by atoms with Crippen LogP contribution >= 0.6 is 11.8 Å². The second-order valence-electron chi connectivity index (χ2n) is 18.6. The van der Waals surface area contributed by atoms with Crippen LogP contribution in [-0.4, -0.2) is 135 Å². The van der Waals surface area contributed by atoms with Crippen LogP contribution in [0.15, 0.2) is 41.5 Å². The molecule has 0 radical (unpaired) electrons. The number of amides is 3. The fourth-order valence-corrected chi connectivity index (χ4v) is 10.8. The van der Waals surface area contributed by atoms with Crippen molar-refractivity contribution in [3.05, 3.63) is 58.3 Å². The number of likely N-dealkylation sites (tertiary alicyclic amines) is 1. The zero-order valence-electron chi connectivity index (χ0n) is 38.1. The number of aromatic nitrogens is 2. The predicted octanol–water partition coefficient (Wildman–Crippen LogP) is 5.04. The smallest absolute Gasteiger partial charge is 0.326 e. The monoisotopic (exact) mass is 888 g/mol. The number of nitrogens with zero attached hydrogens (tertiary/aromatic N) is 7. The average molecular weight is 889 g/mol. The van der Waals surface area contributed by atoms with Gasteiger partial charge in [0.1, 0.15) is 12.1 Å². The Morgan fingerprint density at radius 3 is 2.71 bits per heavy atom. The van der Waals surface area contributed by atoms with Crippen LogP contribution in [0.4, 0.5) is 0 Å². The van der Waals surface area contributed by atoms with Gasteiger partial charge in [-0.3, -0.25) is 29.4 Å². The lowest BCUT2D eigenvalue weighted by Gasteiger charge is -2.35. The second kappa shape index (κ2) is 19.8. The standard InChI is InChI=1S/C46H65N9O7S/c1-9-53-37-15-14-30-22-33(37)34(42(53)32-12-10-17-47-40(32)29(4)61-8)24-46(5,6)27-62-55(60)38-13-11-18-54(50-38)45(59)35(23-39-48-36(30)26-63-39)49-43(57)41(28(2)3)51(7)44(58)31-16-19-52(25-31)20-21-56/h10,12,14-15,17,22,28-29,31,35-36,38,41,50,56H,9,11,13,16,18-21,23-27H2,1-8H3/p+1/t29-,31-,35-,36?,38+,41-/m0/s1. The first-order valence-electron chi connectivity index (χ1n) is 22.5. The Morgan fingerprint density at radius 1 is 1.19 bits per heavy atom. The Kier molecular flexibility index (Phi) is 14.6. The number of methoxy groups -OCH3 is 1. The molecule has 4 aliphatic rings. The van der Waals surface area contributed by atoms with Crippen molar-refractivity contribution >= 4 is 45.4 Å². The summed E-state index contributed by atoms with van der Waals surface area (Å²) in [5.74, 6) is -0.832. The second-order valence-corrected chi connectivity index (χ2v) is 19.7. The highest BCUT2D eigenvalue weighted by atomic mass is 32.2. The van der Waals surface area contributed by atoms with Gasteiger partial charge in [0.15, 0.2) is 6.61 Å². The largest absolute Gasteiger partial charge is 0.395 e. The molecule has 2 aromatic heterocycles. The molecule has 1 aromatic carbocycles. The summed E-state index contributed by atoms with van der Waals surface area (Å²) in [5, 5.41) is 15.8. The molecule has 2 saturated heterocycles. The molecule has 3 amide bonds. The Hall–Kier alpha value is -4.42. The van der Waals surface area contributed by atoms with E-state index in [-0.39, 0.29) is 49.5 Å². The summed E-state index contributed by atoms with van der Waals surface area (Å²) in [6.07, 6.45) is 3.09. The Balaban J connectivity index is 1.26. The van der Waals surface area contributed by atoms with Crippen molar-refractivity contribution in [2.75, 3.05) is 59.3 Å². The predicted molar refractivity (Wildman–Crippen MR) is 243 cm³/mol. The van der Waals surface area contributed by atoms with E-state index in [2.05, 4.69) is 65.2 Å². The minimum atomic E-state index is -1.03. The summed E-state index contributed by atoms with van der Waals surface area (Å²) in [5.41, 5.74) is 8.76. The van der Waals surface area contributed by atoms with Crippen LogP contribution in [0, 0.1) is 22.2 Å². The van der Waals surface area contributed by atoms with Gasteiger partial charge in [0.05, 0.1) is 46.0 Å². The van der Waals surface area contributed by atoms with Crippen molar-refractivity contribution < 1.29 is 34.0 Å². The topological polar surface area (TPSA) is 174 Å². The van der Waals surface area contributed by atoms with Gasteiger partial charge in [-0.1, -0.05) is 33.8 Å². The van der Waals surface area contributed by atoms with Crippen molar-refractivity contribution in [2.45, 2.75) is 111 Å². The maximum Gasteiger partial charge on any atom is 0.326 e. The molecule has 2 fully saturated rings. The lowest BCUT2D eigenvalue weighted by molar-refractivity contribution is -0.835. The molecule has 0 spiro atoms. The van der Waals surface area contributed by atoms with Crippen LogP contribution in [0.3, 0.4) is 0 Å². The zero-order valence-corrected chi connectivity index (χ0v) is 38.9. The normalized spacial score (nSPS) is 24.2. The Labute approximate surface area is 375 Å². The Morgan fingerprint density at radius 2 is 1.98 bits per heavy atom. The van der Waals surface area contributed by atoms with Crippen LogP contribution in [0.25, 0.3) is 22.2 Å². The van der Waals surface area contributed by atoms with Gasteiger partial charge in [-0.2, -0.15) is 5.43 Å². The zero-order chi connectivity index (χ0) is 45.2. The number of carbonyl (C=O) groups excluding carboxylic acids is 3. The summed E-state index contributed by atoms with van der Waals surface area (Å²) in [6.45, 7) is 15.0. The van der Waals surface area contributed by atoms with E-state index in [0.717, 1.165) is 44.0 Å². The Bertz CT molecular complexity index is 2210. The van der Waals surface area contributed by atoms with E-state index in [4.69, 9.17) is 19.6 Å². The number of nitrogens with one attached hydrogen (secondary N) is 2. The number of benzene rings is 1. The fraction of sp³-hybridized carbons (Fsp3) is 0.630. The van der Waals surface area contributed by atoms with Crippen LogP contribution in [-0.2, 0) is 36.9 Å². The molecule has 1 unspecified atom stereocenters. The number of hydrogen-bond donors (Lipinski definition) is 3. The molecule has 7 rings (SSSR count). The number of pyridine rings is 1. The van der Waals surface area contributed by atoms with Crippen molar-refractivity contribution in [1.29, 1.82) is 0 Å². The van der Waals surface area contributed by atoms with Gasteiger partial charge in [-0.05, 0) is 81.0 Å². The maximum atomic E-state index is 14.6. The van der Waals surface area contributed by atoms with E-state index in [9.17, 15) is 24.4 Å². The number of fused-ring (bicyclic) bond motifs is 5. The first kappa shape index (κ1) is 46.6. The highest BCUT2D eigenvalue weighted by Gasteiger charge is 2.42.